The van der Waals surface area contributed by atoms with Crippen molar-refractivity contribution >= 4 is 17.9 Å². The van der Waals surface area contributed by atoms with Gasteiger partial charge in [0.25, 0.3) is 0 Å². The standard InChI is InChI=1S/C13H12N4O5/c1-21-12-4-2-8(6-10(12)17(19)20)11-5-3-9(22-11)7-15-16-13(14)18/h2-7H,1H3,(H3,14,16,18)/b15-7-. The fourth-order valence-corrected chi connectivity index (χ4v) is 1.72. The molecule has 2 amide bonds. The van der Waals surface area contributed by atoms with Crippen molar-refractivity contribution in [1.82, 2.24) is 5.43 Å². The first-order valence-electron chi connectivity index (χ1n) is 6.02. The van der Waals surface area contributed by atoms with Crippen LogP contribution in [0.15, 0.2) is 39.9 Å². The molecule has 2 aromatic rings. The number of amides is 2. The van der Waals surface area contributed by atoms with E-state index in [1.807, 2.05) is 5.43 Å². The predicted octanol–water partition coefficient (Wildman–Crippen LogP) is 1.87. The molecule has 0 radical (unpaired) electrons. The number of hydrazone groups is 1. The maximum Gasteiger partial charge on any atom is 0.332 e. The number of ether oxygens (including phenoxy) is 1. The van der Waals surface area contributed by atoms with Crippen LogP contribution >= 0.6 is 0 Å². The lowest BCUT2D eigenvalue weighted by Crippen LogP contribution is -2.24. The highest BCUT2D eigenvalue weighted by molar-refractivity contribution is 5.80. The molecule has 114 valence electrons. The number of benzene rings is 1. The minimum Gasteiger partial charge on any atom is -0.490 e. The summed E-state index contributed by atoms with van der Waals surface area (Å²) in [5, 5.41) is 14.5. The maximum atomic E-state index is 11.0. The summed E-state index contributed by atoms with van der Waals surface area (Å²) in [6.07, 6.45) is 1.26. The summed E-state index contributed by atoms with van der Waals surface area (Å²) in [6, 6.07) is 6.88. The second-order valence-electron chi connectivity index (χ2n) is 4.08. The SMILES string of the molecule is COc1ccc(-c2ccc(/C=N\NC(N)=O)o2)cc1[N+](=O)[O-]. The van der Waals surface area contributed by atoms with Crippen LogP contribution in [-0.4, -0.2) is 24.3 Å². The Morgan fingerprint density at radius 1 is 1.45 bits per heavy atom. The molecule has 9 nitrogen and oxygen atoms in total. The van der Waals surface area contributed by atoms with Crippen LogP contribution in [0, 0.1) is 10.1 Å². The first-order chi connectivity index (χ1) is 10.5. The van der Waals surface area contributed by atoms with E-state index in [1.54, 1.807) is 18.2 Å². The lowest BCUT2D eigenvalue weighted by molar-refractivity contribution is -0.385. The second-order valence-corrected chi connectivity index (χ2v) is 4.08. The highest BCUT2D eigenvalue weighted by atomic mass is 16.6. The Morgan fingerprint density at radius 3 is 2.86 bits per heavy atom. The van der Waals surface area contributed by atoms with E-state index in [4.69, 9.17) is 14.9 Å². The Bertz CT molecular complexity index is 738. The Morgan fingerprint density at radius 2 is 2.23 bits per heavy atom. The summed E-state index contributed by atoms with van der Waals surface area (Å²) >= 11 is 0. The van der Waals surface area contributed by atoms with Crippen LogP contribution in [0.2, 0.25) is 0 Å². The molecule has 1 aromatic heterocycles. The van der Waals surface area contributed by atoms with Crippen molar-refractivity contribution in [2.45, 2.75) is 0 Å². The van der Waals surface area contributed by atoms with Crippen molar-refractivity contribution in [3.63, 3.8) is 0 Å². The molecule has 0 fully saturated rings. The van der Waals surface area contributed by atoms with Crippen molar-refractivity contribution in [2.24, 2.45) is 10.8 Å². The zero-order chi connectivity index (χ0) is 16.1. The van der Waals surface area contributed by atoms with Gasteiger partial charge in [0.15, 0.2) is 5.75 Å². The summed E-state index contributed by atoms with van der Waals surface area (Å²) < 4.78 is 10.4. The molecule has 0 saturated carbocycles. The number of primary amides is 1. The van der Waals surface area contributed by atoms with Crippen LogP contribution < -0.4 is 15.9 Å². The number of rotatable bonds is 5. The average Bonchev–Trinajstić information content (AvgIpc) is 2.95. The lowest BCUT2D eigenvalue weighted by Gasteiger charge is -2.03. The third-order valence-corrected chi connectivity index (χ3v) is 2.65. The fourth-order valence-electron chi connectivity index (χ4n) is 1.72. The molecule has 9 heteroatoms. The van der Waals surface area contributed by atoms with Gasteiger partial charge in [-0.1, -0.05) is 0 Å². The van der Waals surface area contributed by atoms with E-state index in [2.05, 4.69) is 5.10 Å². The number of carbonyl (C=O) groups excluding carboxylic acids is 1. The molecule has 1 aromatic carbocycles. The van der Waals surface area contributed by atoms with Gasteiger partial charge in [0.05, 0.1) is 18.2 Å². The highest BCUT2D eigenvalue weighted by Gasteiger charge is 2.17. The van der Waals surface area contributed by atoms with E-state index in [0.29, 0.717) is 17.1 Å². The third kappa shape index (κ3) is 3.39. The summed E-state index contributed by atoms with van der Waals surface area (Å²) in [6.45, 7) is 0. The minimum atomic E-state index is -0.797. The molecule has 0 aliphatic rings. The van der Waals surface area contributed by atoms with Crippen LogP contribution in [0.4, 0.5) is 10.5 Å². The molecule has 0 saturated heterocycles. The van der Waals surface area contributed by atoms with Crippen molar-refractivity contribution in [1.29, 1.82) is 0 Å². The molecule has 0 bridgehead atoms. The average molecular weight is 304 g/mol. The number of carbonyl (C=O) groups is 1. The number of nitro benzene ring substituents is 1. The molecular formula is C13H12N4O5. The Labute approximate surface area is 124 Å². The van der Waals surface area contributed by atoms with Gasteiger partial charge in [0, 0.05) is 11.6 Å². The topological polar surface area (TPSA) is 133 Å². The number of hydrogen-bond acceptors (Lipinski definition) is 6. The molecule has 0 unspecified atom stereocenters. The zero-order valence-electron chi connectivity index (χ0n) is 11.5. The van der Waals surface area contributed by atoms with Crippen molar-refractivity contribution < 1.29 is 18.9 Å². The van der Waals surface area contributed by atoms with E-state index in [1.165, 1.54) is 25.5 Å². The number of nitrogens with one attached hydrogen (secondary N) is 1. The van der Waals surface area contributed by atoms with Crippen LogP contribution in [0.3, 0.4) is 0 Å². The van der Waals surface area contributed by atoms with Gasteiger partial charge < -0.3 is 14.9 Å². The number of furan rings is 1. The summed E-state index contributed by atoms with van der Waals surface area (Å²) in [7, 11) is 1.36. The normalized spacial score (nSPS) is 10.6. The summed E-state index contributed by atoms with van der Waals surface area (Å²) in [4.78, 5) is 20.9. The maximum absolute atomic E-state index is 11.0. The quantitative estimate of drug-likeness (QED) is 0.494. The predicted molar refractivity (Wildman–Crippen MR) is 77.7 cm³/mol. The monoisotopic (exact) mass is 304 g/mol. The van der Waals surface area contributed by atoms with Gasteiger partial charge in [0.1, 0.15) is 11.5 Å². The van der Waals surface area contributed by atoms with Gasteiger partial charge in [-0.15, -0.1) is 0 Å². The molecule has 0 aliphatic carbocycles. The molecule has 0 aliphatic heterocycles. The van der Waals surface area contributed by atoms with E-state index >= 15 is 0 Å². The van der Waals surface area contributed by atoms with E-state index in [9.17, 15) is 14.9 Å². The van der Waals surface area contributed by atoms with Gasteiger partial charge >= 0.3 is 11.7 Å². The first kappa shape index (κ1) is 15.0. The van der Waals surface area contributed by atoms with Crippen LogP contribution in [-0.2, 0) is 0 Å². The van der Waals surface area contributed by atoms with Crippen LogP contribution in [0.25, 0.3) is 11.3 Å². The number of nitrogens with zero attached hydrogens (tertiary/aromatic N) is 2. The van der Waals surface area contributed by atoms with E-state index in [0.717, 1.165) is 0 Å². The number of nitrogens with two attached hydrogens (primary N) is 1. The number of urea groups is 1. The molecule has 1 heterocycles. The second kappa shape index (κ2) is 6.39. The fraction of sp³-hybridized carbons (Fsp3) is 0.0769. The molecule has 2 rings (SSSR count). The van der Waals surface area contributed by atoms with Gasteiger partial charge in [-0.3, -0.25) is 10.1 Å². The van der Waals surface area contributed by atoms with Crippen molar-refractivity contribution in [2.75, 3.05) is 7.11 Å². The Hall–Kier alpha value is -3.36. The Balaban J connectivity index is 2.27. The number of nitro groups is 1. The van der Waals surface area contributed by atoms with E-state index in [-0.39, 0.29) is 11.4 Å². The summed E-state index contributed by atoms with van der Waals surface area (Å²) in [5.41, 5.74) is 7.22. The van der Waals surface area contributed by atoms with Gasteiger partial charge in [-0.05, 0) is 24.3 Å². The van der Waals surface area contributed by atoms with Crippen molar-refractivity contribution in [3.05, 3.63) is 46.2 Å². The Kier molecular flexibility index (Phi) is 4.37. The van der Waals surface area contributed by atoms with E-state index < -0.39 is 11.0 Å². The number of hydrogen-bond donors (Lipinski definition) is 2. The minimum absolute atomic E-state index is 0.160. The lowest BCUT2D eigenvalue weighted by atomic mass is 10.1. The van der Waals surface area contributed by atoms with Crippen molar-refractivity contribution in [3.8, 4) is 17.1 Å². The molecule has 22 heavy (non-hydrogen) atoms. The molecule has 0 atom stereocenters. The van der Waals surface area contributed by atoms with Crippen LogP contribution in [0.5, 0.6) is 5.75 Å². The van der Waals surface area contributed by atoms with Gasteiger partial charge in [-0.25, -0.2) is 10.2 Å². The van der Waals surface area contributed by atoms with Gasteiger partial charge in [0.2, 0.25) is 0 Å². The smallest absolute Gasteiger partial charge is 0.332 e. The van der Waals surface area contributed by atoms with Crippen LogP contribution in [0.1, 0.15) is 5.76 Å². The highest BCUT2D eigenvalue weighted by Crippen LogP contribution is 2.32. The molecular weight excluding hydrogens is 292 g/mol. The molecule has 0 spiro atoms. The largest absolute Gasteiger partial charge is 0.490 e. The summed E-state index contributed by atoms with van der Waals surface area (Å²) in [5.74, 6) is 0.918. The van der Waals surface area contributed by atoms with Gasteiger partial charge in [-0.2, -0.15) is 5.10 Å². The first-order valence-corrected chi connectivity index (χ1v) is 6.02. The zero-order valence-corrected chi connectivity index (χ0v) is 11.5. The number of methoxy groups -OCH3 is 1. The third-order valence-electron chi connectivity index (χ3n) is 2.65. The molecule has 3 N–H and O–H groups in total.